The van der Waals surface area contributed by atoms with Gasteiger partial charge >= 0.3 is 6.18 Å². The van der Waals surface area contributed by atoms with Crippen LogP contribution >= 0.6 is 0 Å². The van der Waals surface area contributed by atoms with Crippen LogP contribution in [0.3, 0.4) is 0 Å². The monoisotopic (exact) mass is 525 g/mol. The van der Waals surface area contributed by atoms with Crippen molar-refractivity contribution in [3.63, 3.8) is 0 Å². The number of sulfonamides is 1. The second-order valence-electron chi connectivity index (χ2n) is 8.24. The molecule has 1 amide bonds. The Morgan fingerprint density at radius 3 is 2.72 bits per heavy atom. The van der Waals surface area contributed by atoms with Gasteiger partial charge in [0.05, 0.1) is 24.8 Å². The van der Waals surface area contributed by atoms with Crippen molar-refractivity contribution >= 4 is 21.7 Å². The third-order valence-electron chi connectivity index (χ3n) is 5.58. The summed E-state index contributed by atoms with van der Waals surface area (Å²) in [5, 5.41) is 19.9. The first kappa shape index (κ1) is 25.7. The number of amides is 1. The molecule has 0 aromatic carbocycles. The van der Waals surface area contributed by atoms with Gasteiger partial charge in [0.2, 0.25) is 10.0 Å². The lowest BCUT2D eigenvalue weighted by atomic mass is 10.1. The van der Waals surface area contributed by atoms with Crippen molar-refractivity contribution in [1.82, 2.24) is 29.0 Å². The van der Waals surface area contributed by atoms with Gasteiger partial charge in [0, 0.05) is 19.3 Å². The Kier molecular flexibility index (Phi) is 7.06. The van der Waals surface area contributed by atoms with E-state index in [1.807, 2.05) is 0 Å². The molecule has 11 nitrogen and oxygen atoms in total. The van der Waals surface area contributed by atoms with Crippen LogP contribution in [0.25, 0.3) is 11.5 Å². The largest absolute Gasteiger partial charge is 0.394 e. The lowest BCUT2D eigenvalue weighted by molar-refractivity contribution is -0.130. The molecule has 0 saturated carbocycles. The maximum atomic E-state index is 12.8. The number of pyridine rings is 2. The number of aromatic nitrogens is 5. The Hall–Kier alpha value is -3.43. The molecule has 3 aromatic heterocycles. The van der Waals surface area contributed by atoms with E-state index in [9.17, 15) is 31.5 Å². The third kappa shape index (κ3) is 5.68. The van der Waals surface area contributed by atoms with Gasteiger partial charge in [-0.05, 0) is 36.2 Å². The summed E-state index contributed by atoms with van der Waals surface area (Å²) in [4.78, 5) is 21.2. The number of hydrogen-bond acceptors (Lipinski definition) is 8. The number of aliphatic hydroxyl groups excluding tert-OH is 1. The molecule has 4 heterocycles. The van der Waals surface area contributed by atoms with Gasteiger partial charge in [-0.1, -0.05) is 6.07 Å². The number of aliphatic hydroxyl groups is 1. The molecule has 0 aliphatic carbocycles. The number of halogens is 3. The molecule has 2 N–H and O–H groups in total. The maximum absolute atomic E-state index is 12.8. The van der Waals surface area contributed by atoms with E-state index in [0.29, 0.717) is 22.6 Å². The topological polar surface area (TPSA) is 143 Å². The number of nitrogens with zero attached hydrogens (tertiary/aromatic N) is 6. The predicted molar refractivity (Wildman–Crippen MR) is 121 cm³/mol. The van der Waals surface area contributed by atoms with E-state index in [0.717, 1.165) is 4.31 Å². The van der Waals surface area contributed by atoms with Gasteiger partial charge in [-0.2, -0.15) is 17.5 Å². The Morgan fingerprint density at radius 2 is 2.00 bits per heavy atom. The minimum absolute atomic E-state index is 0.00689. The van der Waals surface area contributed by atoms with Crippen molar-refractivity contribution in [2.24, 2.45) is 0 Å². The first-order chi connectivity index (χ1) is 17.0. The van der Waals surface area contributed by atoms with E-state index < -0.39 is 34.3 Å². The van der Waals surface area contributed by atoms with Gasteiger partial charge < -0.3 is 15.0 Å². The fraction of sp³-hybridized carbons (Fsp3) is 0.381. The van der Waals surface area contributed by atoms with Crippen molar-refractivity contribution in [2.45, 2.75) is 38.7 Å². The average molecular weight is 526 g/mol. The van der Waals surface area contributed by atoms with Crippen LogP contribution in [0.15, 0.2) is 36.8 Å². The van der Waals surface area contributed by atoms with E-state index in [1.165, 1.54) is 18.6 Å². The minimum Gasteiger partial charge on any atom is -0.394 e. The van der Waals surface area contributed by atoms with Gasteiger partial charge in [-0.15, -0.1) is 10.2 Å². The summed E-state index contributed by atoms with van der Waals surface area (Å²) in [6.07, 6.45) is -3.21. The van der Waals surface area contributed by atoms with Crippen LogP contribution in [-0.2, 0) is 23.1 Å². The van der Waals surface area contributed by atoms with E-state index in [2.05, 4.69) is 25.5 Å². The molecular weight excluding hydrogens is 503 g/mol. The summed E-state index contributed by atoms with van der Waals surface area (Å²) in [5.74, 6) is -1.05. The fourth-order valence-corrected chi connectivity index (χ4v) is 5.01. The molecule has 36 heavy (non-hydrogen) atoms. The second-order valence-corrected chi connectivity index (χ2v) is 10.3. The van der Waals surface area contributed by atoms with Gasteiger partial charge in [0.25, 0.3) is 5.91 Å². The van der Waals surface area contributed by atoms with Crippen LogP contribution in [0.4, 0.5) is 19.0 Å². The zero-order chi connectivity index (χ0) is 26.1. The maximum Gasteiger partial charge on any atom is 0.390 e. The summed E-state index contributed by atoms with van der Waals surface area (Å²) in [7, 11) is -4.13. The highest BCUT2D eigenvalue weighted by molar-refractivity contribution is 7.89. The van der Waals surface area contributed by atoms with Crippen molar-refractivity contribution in [2.75, 3.05) is 17.7 Å². The van der Waals surface area contributed by atoms with Gasteiger partial charge in [-0.3, -0.25) is 9.78 Å². The lowest BCUT2D eigenvalue weighted by Gasteiger charge is -2.16. The molecule has 0 fully saturated rings. The molecule has 15 heteroatoms. The van der Waals surface area contributed by atoms with Crippen molar-refractivity contribution < 1.29 is 31.5 Å². The number of carbonyl (C=O) groups excluding carboxylic acids is 1. The third-order valence-corrected chi connectivity index (χ3v) is 7.34. The Labute approximate surface area is 204 Å². The van der Waals surface area contributed by atoms with Gasteiger partial charge in [0.1, 0.15) is 23.5 Å². The first-order valence-corrected chi connectivity index (χ1v) is 12.4. The number of carbonyl (C=O) groups is 1. The van der Waals surface area contributed by atoms with Gasteiger partial charge in [-0.25, -0.2) is 13.4 Å². The lowest BCUT2D eigenvalue weighted by Crippen LogP contribution is -2.30. The highest BCUT2D eigenvalue weighted by Crippen LogP contribution is 2.28. The predicted octanol–water partition coefficient (Wildman–Crippen LogP) is 2.14. The Bertz CT molecular complexity index is 1380. The minimum atomic E-state index is -4.58. The van der Waals surface area contributed by atoms with Gasteiger partial charge in [0.15, 0.2) is 5.82 Å². The number of fused-ring (bicyclic) bond motifs is 1. The van der Waals surface area contributed by atoms with Crippen molar-refractivity contribution in [3.05, 3.63) is 53.6 Å². The summed E-state index contributed by atoms with van der Waals surface area (Å²) in [6, 6.07) is 6.00. The van der Waals surface area contributed by atoms with E-state index in [4.69, 9.17) is 0 Å². The summed E-state index contributed by atoms with van der Waals surface area (Å²) >= 11 is 0. The molecule has 3 aromatic rings. The number of rotatable bonds is 8. The first-order valence-electron chi connectivity index (χ1n) is 10.8. The van der Waals surface area contributed by atoms with Crippen LogP contribution in [0.2, 0.25) is 0 Å². The van der Waals surface area contributed by atoms with Crippen LogP contribution in [-0.4, -0.2) is 67.0 Å². The Morgan fingerprint density at radius 1 is 1.25 bits per heavy atom. The zero-order valence-corrected chi connectivity index (χ0v) is 19.8. The quantitative estimate of drug-likeness (QED) is 0.455. The number of alkyl halides is 3. The smallest absolute Gasteiger partial charge is 0.390 e. The van der Waals surface area contributed by atoms with Crippen LogP contribution in [0, 0.1) is 0 Å². The highest BCUT2D eigenvalue weighted by atomic mass is 32.2. The molecule has 1 aliphatic heterocycles. The standard InChI is InChI=1S/C21H22F3N7O4S/c1-13(11-32)31-12-26-29-19(31)16-3-2-4-18(27-16)28-20(33)17-7-14-9-30(10-15(14)8-25-17)36(34,35)6-5-21(22,23)24/h2-4,7-8,12-13,32H,5-6,9-11H2,1H3,(H,27,28,33)/t13-/m1/s1. The van der Waals surface area contributed by atoms with E-state index >= 15 is 0 Å². The number of nitrogens with one attached hydrogen (secondary N) is 1. The van der Waals surface area contributed by atoms with E-state index in [-0.39, 0.29) is 37.3 Å². The molecule has 1 atom stereocenters. The highest BCUT2D eigenvalue weighted by Gasteiger charge is 2.35. The Balaban J connectivity index is 1.47. The van der Waals surface area contributed by atoms with Crippen LogP contribution in [0.1, 0.15) is 41.0 Å². The van der Waals surface area contributed by atoms with E-state index in [1.54, 1.807) is 29.7 Å². The van der Waals surface area contributed by atoms with Crippen LogP contribution < -0.4 is 5.32 Å². The summed E-state index contributed by atoms with van der Waals surface area (Å²) in [5.41, 5.74) is 1.40. The zero-order valence-electron chi connectivity index (χ0n) is 19.0. The SMILES string of the molecule is C[C@H](CO)n1cnnc1-c1cccc(NC(=O)c2cc3c(cn2)CN(S(=O)(=O)CCC(F)(F)F)C3)n1. The molecule has 0 unspecified atom stereocenters. The summed E-state index contributed by atoms with van der Waals surface area (Å²) < 4.78 is 64.6. The molecule has 1 aliphatic rings. The molecule has 192 valence electrons. The van der Waals surface area contributed by atoms with Crippen LogP contribution in [0.5, 0.6) is 0 Å². The second kappa shape index (κ2) is 9.91. The molecule has 0 radical (unpaired) electrons. The van der Waals surface area contributed by atoms with Crippen molar-refractivity contribution in [3.8, 4) is 11.5 Å². The van der Waals surface area contributed by atoms with Crippen molar-refractivity contribution in [1.29, 1.82) is 0 Å². The summed E-state index contributed by atoms with van der Waals surface area (Å²) in [6.45, 7) is 1.39. The number of hydrogen-bond donors (Lipinski definition) is 2. The molecule has 0 saturated heterocycles. The number of anilines is 1. The molecule has 4 rings (SSSR count). The molecule has 0 bridgehead atoms. The normalized spacial score (nSPS) is 15.0. The fourth-order valence-electron chi connectivity index (χ4n) is 3.59. The molecule has 0 spiro atoms. The average Bonchev–Trinajstić information content (AvgIpc) is 3.49. The molecular formula is C21H22F3N7O4S.